The van der Waals surface area contributed by atoms with Crippen LogP contribution in [0.15, 0.2) is 60.7 Å². The maximum Gasteiger partial charge on any atom is 0.225 e. The van der Waals surface area contributed by atoms with Gasteiger partial charge in [-0.1, -0.05) is 42.5 Å². The van der Waals surface area contributed by atoms with Crippen molar-refractivity contribution < 1.29 is 4.39 Å². The Bertz CT molecular complexity index is 804. The molecular formula is C20H21FN4. The van der Waals surface area contributed by atoms with Crippen molar-refractivity contribution in [3.8, 4) is 0 Å². The molecule has 0 bridgehead atoms. The molecule has 4 nitrogen and oxygen atoms in total. The minimum atomic E-state index is -0.211. The van der Waals surface area contributed by atoms with E-state index in [1.165, 1.54) is 17.7 Å². The number of benzene rings is 2. The molecule has 0 spiro atoms. The normalized spacial score (nSPS) is 10.5. The average Bonchev–Trinajstić information content (AvgIpc) is 2.62. The molecule has 3 aromatic rings. The van der Waals surface area contributed by atoms with Crippen LogP contribution in [0.5, 0.6) is 0 Å². The zero-order valence-electron chi connectivity index (χ0n) is 14.2. The van der Waals surface area contributed by atoms with Gasteiger partial charge in [-0.25, -0.2) is 9.37 Å². The first-order valence-electron chi connectivity index (χ1n) is 8.31. The zero-order valence-corrected chi connectivity index (χ0v) is 14.2. The lowest BCUT2D eigenvalue weighted by Gasteiger charge is -2.10. The van der Waals surface area contributed by atoms with Crippen molar-refractivity contribution in [3.05, 3.63) is 83.3 Å². The second-order valence-corrected chi connectivity index (χ2v) is 5.86. The molecule has 128 valence electrons. The minimum Gasteiger partial charge on any atom is -0.370 e. The van der Waals surface area contributed by atoms with Crippen LogP contribution in [-0.2, 0) is 13.0 Å². The molecular weight excluding hydrogens is 315 g/mol. The summed E-state index contributed by atoms with van der Waals surface area (Å²) in [5.74, 6) is 1.18. The highest BCUT2D eigenvalue weighted by Crippen LogP contribution is 2.11. The molecule has 0 saturated heterocycles. The van der Waals surface area contributed by atoms with Crippen molar-refractivity contribution in [2.24, 2.45) is 0 Å². The lowest BCUT2D eigenvalue weighted by Crippen LogP contribution is -2.10. The van der Waals surface area contributed by atoms with Crippen LogP contribution < -0.4 is 10.6 Å². The van der Waals surface area contributed by atoms with E-state index < -0.39 is 0 Å². The Balaban J connectivity index is 1.56. The van der Waals surface area contributed by atoms with Gasteiger partial charge in [-0.05, 0) is 36.6 Å². The molecule has 3 rings (SSSR count). The van der Waals surface area contributed by atoms with Crippen LogP contribution in [0.2, 0.25) is 0 Å². The molecule has 0 radical (unpaired) electrons. The summed E-state index contributed by atoms with van der Waals surface area (Å²) in [7, 11) is 0. The standard InChI is InChI=1S/C20H21FN4/c1-15-13-19(22-12-11-16-7-9-18(21)10-8-16)25-20(24-15)23-14-17-5-3-2-4-6-17/h2-10,13H,11-12,14H2,1H3,(H2,22,23,24,25). The smallest absolute Gasteiger partial charge is 0.225 e. The van der Waals surface area contributed by atoms with Gasteiger partial charge in [0.15, 0.2) is 0 Å². The number of aryl methyl sites for hydroxylation is 1. The summed E-state index contributed by atoms with van der Waals surface area (Å²) in [6.07, 6.45) is 0.802. The Morgan fingerprint density at radius 2 is 1.64 bits per heavy atom. The van der Waals surface area contributed by atoms with Crippen LogP contribution in [0, 0.1) is 12.7 Å². The molecule has 25 heavy (non-hydrogen) atoms. The second kappa shape index (κ2) is 8.24. The van der Waals surface area contributed by atoms with Gasteiger partial charge >= 0.3 is 0 Å². The van der Waals surface area contributed by atoms with Gasteiger partial charge in [0.2, 0.25) is 5.95 Å². The van der Waals surface area contributed by atoms with Gasteiger partial charge < -0.3 is 10.6 Å². The Morgan fingerprint density at radius 1 is 0.880 bits per heavy atom. The van der Waals surface area contributed by atoms with E-state index in [2.05, 4.69) is 32.7 Å². The molecule has 0 aliphatic rings. The molecule has 1 heterocycles. The first-order chi connectivity index (χ1) is 12.2. The van der Waals surface area contributed by atoms with E-state index in [9.17, 15) is 4.39 Å². The molecule has 0 aliphatic heterocycles. The van der Waals surface area contributed by atoms with Gasteiger partial charge in [-0.2, -0.15) is 4.98 Å². The molecule has 0 saturated carbocycles. The number of hydrogen-bond acceptors (Lipinski definition) is 4. The van der Waals surface area contributed by atoms with E-state index in [0.717, 1.165) is 30.0 Å². The highest BCUT2D eigenvalue weighted by Gasteiger charge is 2.03. The Morgan fingerprint density at radius 3 is 2.40 bits per heavy atom. The van der Waals surface area contributed by atoms with Crippen LogP contribution in [0.25, 0.3) is 0 Å². The third-order valence-electron chi connectivity index (χ3n) is 3.78. The average molecular weight is 336 g/mol. The second-order valence-electron chi connectivity index (χ2n) is 5.86. The molecule has 0 unspecified atom stereocenters. The third kappa shape index (κ3) is 5.28. The number of nitrogens with one attached hydrogen (secondary N) is 2. The van der Waals surface area contributed by atoms with E-state index in [4.69, 9.17) is 0 Å². The van der Waals surface area contributed by atoms with E-state index in [-0.39, 0.29) is 5.82 Å². The largest absolute Gasteiger partial charge is 0.370 e. The van der Waals surface area contributed by atoms with Crippen LogP contribution in [0.1, 0.15) is 16.8 Å². The zero-order chi connectivity index (χ0) is 17.5. The molecule has 0 fully saturated rings. The SMILES string of the molecule is Cc1cc(NCCc2ccc(F)cc2)nc(NCc2ccccc2)n1. The van der Waals surface area contributed by atoms with Gasteiger partial charge in [-0.15, -0.1) is 0 Å². The minimum absolute atomic E-state index is 0.211. The number of rotatable bonds is 7. The van der Waals surface area contributed by atoms with Crippen LogP contribution in [0.3, 0.4) is 0 Å². The maximum atomic E-state index is 12.9. The summed E-state index contributed by atoms with van der Waals surface area (Å²) in [5, 5.41) is 6.55. The lowest BCUT2D eigenvalue weighted by molar-refractivity contribution is 0.627. The topological polar surface area (TPSA) is 49.8 Å². The maximum absolute atomic E-state index is 12.9. The van der Waals surface area contributed by atoms with Crippen LogP contribution in [-0.4, -0.2) is 16.5 Å². The van der Waals surface area contributed by atoms with E-state index in [0.29, 0.717) is 12.5 Å². The third-order valence-corrected chi connectivity index (χ3v) is 3.78. The van der Waals surface area contributed by atoms with Crippen LogP contribution >= 0.6 is 0 Å². The molecule has 0 amide bonds. The Hall–Kier alpha value is -2.95. The quantitative estimate of drug-likeness (QED) is 0.679. The predicted molar refractivity (Wildman–Crippen MR) is 99.1 cm³/mol. The number of hydrogen-bond donors (Lipinski definition) is 2. The van der Waals surface area contributed by atoms with Crippen molar-refractivity contribution in [2.75, 3.05) is 17.2 Å². The van der Waals surface area contributed by atoms with Crippen LogP contribution in [0.4, 0.5) is 16.2 Å². The number of nitrogens with zero attached hydrogens (tertiary/aromatic N) is 2. The van der Waals surface area contributed by atoms with Gasteiger partial charge in [0.05, 0.1) is 0 Å². The van der Waals surface area contributed by atoms with E-state index in [1.807, 2.05) is 31.2 Å². The molecule has 1 aromatic heterocycles. The van der Waals surface area contributed by atoms with Crippen molar-refractivity contribution in [2.45, 2.75) is 19.9 Å². The number of halogens is 1. The summed E-state index contributed by atoms with van der Waals surface area (Å²) in [5.41, 5.74) is 3.16. The summed E-state index contributed by atoms with van der Waals surface area (Å²) >= 11 is 0. The van der Waals surface area contributed by atoms with Gasteiger partial charge in [-0.3, -0.25) is 0 Å². The predicted octanol–water partition coefficient (Wildman–Crippen LogP) is 4.19. The van der Waals surface area contributed by atoms with Gasteiger partial charge in [0, 0.05) is 24.8 Å². The van der Waals surface area contributed by atoms with Crippen molar-refractivity contribution in [3.63, 3.8) is 0 Å². The molecule has 2 N–H and O–H groups in total. The monoisotopic (exact) mass is 336 g/mol. The summed E-state index contributed by atoms with van der Waals surface area (Å²) in [6.45, 7) is 3.35. The van der Waals surface area contributed by atoms with Crippen molar-refractivity contribution in [1.29, 1.82) is 0 Å². The first kappa shape index (κ1) is 16.9. The highest BCUT2D eigenvalue weighted by atomic mass is 19.1. The Labute approximate surface area is 147 Å². The summed E-state index contributed by atoms with van der Waals surface area (Å²) in [4.78, 5) is 8.92. The summed E-state index contributed by atoms with van der Waals surface area (Å²) in [6, 6.07) is 18.6. The van der Waals surface area contributed by atoms with Gasteiger partial charge in [0.25, 0.3) is 0 Å². The van der Waals surface area contributed by atoms with Crippen molar-refractivity contribution in [1.82, 2.24) is 9.97 Å². The fraction of sp³-hybridized carbons (Fsp3) is 0.200. The molecule has 0 atom stereocenters. The van der Waals surface area contributed by atoms with E-state index >= 15 is 0 Å². The molecule has 0 aliphatic carbocycles. The molecule has 5 heteroatoms. The fourth-order valence-electron chi connectivity index (χ4n) is 2.50. The molecule has 2 aromatic carbocycles. The fourth-order valence-corrected chi connectivity index (χ4v) is 2.50. The Kier molecular flexibility index (Phi) is 5.57. The lowest BCUT2D eigenvalue weighted by atomic mass is 10.1. The highest BCUT2D eigenvalue weighted by molar-refractivity contribution is 5.42. The first-order valence-corrected chi connectivity index (χ1v) is 8.31. The number of anilines is 2. The van der Waals surface area contributed by atoms with Gasteiger partial charge in [0.1, 0.15) is 11.6 Å². The van der Waals surface area contributed by atoms with E-state index in [1.54, 1.807) is 12.1 Å². The summed E-state index contributed by atoms with van der Waals surface area (Å²) < 4.78 is 12.9. The number of aromatic nitrogens is 2. The van der Waals surface area contributed by atoms with Crippen molar-refractivity contribution >= 4 is 11.8 Å².